The number of aryl methyl sites for hydroxylation is 1. The van der Waals surface area contributed by atoms with E-state index in [1.807, 2.05) is 13.8 Å². The molecule has 20 heavy (non-hydrogen) atoms. The number of nitrogens with zero attached hydrogens (tertiary/aromatic N) is 2. The fraction of sp³-hybridized carbons (Fsp3) is 0.750. The number of sulfonamides is 1. The third kappa shape index (κ3) is 3.38. The number of aromatic nitrogens is 2. The molecule has 0 fully saturated rings. The first kappa shape index (κ1) is 17.1. The molecule has 0 amide bonds. The van der Waals surface area contributed by atoms with Gasteiger partial charge in [-0.15, -0.1) is 0 Å². The molecule has 7 nitrogen and oxygen atoms in total. The first-order valence-corrected chi connectivity index (χ1v) is 8.03. The Kier molecular flexibility index (Phi) is 6.12. The zero-order chi connectivity index (χ0) is 15.3. The summed E-state index contributed by atoms with van der Waals surface area (Å²) < 4.78 is 32.0. The molecule has 0 saturated heterocycles. The lowest BCUT2D eigenvalue weighted by atomic mass is 10.3. The van der Waals surface area contributed by atoms with E-state index in [1.54, 1.807) is 21.1 Å². The van der Waals surface area contributed by atoms with E-state index in [-0.39, 0.29) is 11.1 Å². The molecule has 0 aliphatic carbocycles. The lowest BCUT2D eigenvalue weighted by Crippen LogP contribution is -2.41. The molecule has 0 aliphatic rings. The molecule has 0 radical (unpaired) electrons. The van der Waals surface area contributed by atoms with E-state index in [0.717, 1.165) is 5.69 Å². The quantitative estimate of drug-likeness (QED) is 0.729. The summed E-state index contributed by atoms with van der Waals surface area (Å²) in [4.78, 5) is 0. The van der Waals surface area contributed by atoms with Gasteiger partial charge in [-0.2, -0.15) is 9.40 Å². The largest absolute Gasteiger partial charge is 0.383 e. The van der Waals surface area contributed by atoms with Crippen LogP contribution in [0.15, 0.2) is 5.03 Å². The highest BCUT2D eigenvalue weighted by Gasteiger charge is 2.32. The number of nitrogens with one attached hydrogen (secondary N) is 2. The van der Waals surface area contributed by atoms with Crippen LogP contribution in [0.25, 0.3) is 0 Å². The smallest absolute Gasteiger partial charge is 0.263 e. The van der Waals surface area contributed by atoms with Gasteiger partial charge in [-0.3, -0.25) is 5.10 Å². The monoisotopic (exact) mass is 304 g/mol. The average Bonchev–Trinajstić information content (AvgIpc) is 2.73. The summed E-state index contributed by atoms with van der Waals surface area (Å²) in [6, 6.07) is -0.241. The van der Waals surface area contributed by atoms with Crippen LogP contribution < -0.4 is 5.32 Å². The van der Waals surface area contributed by atoms with Crippen LogP contribution in [-0.2, 0) is 21.3 Å². The van der Waals surface area contributed by atoms with Gasteiger partial charge in [0.1, 0.15) is 0 Å². The number of H-pyrrole nitrogens is 1. The minimum atomic E-state index is -3.63. The highest BCUT2D eigenvalue weighted by Crippen LogP contribution is 2.22. The van der Waals surface area contributed by atoms with Crippen LogP contribution >= 0.6 is 0 Å². The Labute approximate surface area is 120 Å². The van der Waals surface area contributed by atoms with Crippen molar-refractivity contribution in [2.45, 2.75) is 38.4 Å². The van der Waals surface area contributed by atoms with Crippen molar-refractivity contribution in [3.8, 4) is 0 Å². The molecule has 1 unspecified atom stereocenters. The van der Waals surface area contributed by atoms with Crippen molar-refractivity contribution in [3.05, 3.63) is 11.3 Å². The van der Waals surface area contributed by atoms with Gasteiger partial charge in [0, 0.05) is 37.5 Å². The van der Waals surface area contributed by atoms with Crippen LogP contribution in [-0.4, -0.2) is 56.3 Å². The molecule has 0 spiro atoms. The Morgan fingerprint density at radius 1 is 1.50 bits per heavy atom. The maximum absolute atomic E-state index is 12.7. The minimum Gasteiger partial charge on any atom is -0.383 e. The number of hydrogen-bond donors (Lipinski definition) is 2. The van der Waals surface area contributed by atoms with E-state index in [4.69, 9.17) is 4.74 Å². The average molecular weight is 304 g/mol. The maximum atomic E-state index is 12.7. The Hall–Kier alpha value is -0.960. The van der Waals surface area contributed by atoms with Crippen LogP contribution in [0.2, 0.25) is 0 Å². The predicted octanol–water partition coefficient (Wildman–Crippen LogP) is 0.483. The summed E-state index contributed by atoms with van der Waals surface area (Å²) in [7, 11) is -0.304. The predicted molar refractivity (Wildman–Crippen MR) is 77.0 cm³/mol. The summed E-state index contributed by atoms with van der Waals surface area (Å²) in [5, 5.41) is 9.79. The van der Waals surface area contributed by atoms with E-state index < -0.39 is 10.0 Å². The first-order valence-electron chi connectivity index (χ1n) is 6.59. The van der Waals surface area contributed by atoms with Gasteiger partial charge in [0.2, 0.25) is 0 Å². The Bertz CT molecular complexity index is 527. The summed E-state index contributed by atoms with van der Waals surface area (Å²) in [6.45, 7) is 6.61. The molecule has 1 aromatic heterocycles. The molecule has 0 aromatic carbocycles. The van der Waals surface area contributed by atoms with Crippen molar-refractivity contribution >= 4 is 10.0 Å². The molecular formula is C12H24N4O3S. The van der Waals surface area contributed by atoms with Gasteiger partial charge in [0.05, 0.1) is 6.61 Å². The number of aromatic amines is 1. The fourth-order valence-corrected chi connectivity index (χ4v) is 3.98. The summed E-state index contributed by atoms with van der Waals surface area (Å²) >= 11 is 0. The zero-order valence-corrected chi connectivity index (χ0v) is 13.5. The van der Waals surface area contributed by atoms with E-state index >= 15 is 0 Å². The molecule has 116 valence electrons. The third-order valence-electron chi connectivity index (χ3n) is 3.15. The third-order valence-corrected chi connectivity index (χ3v) is 5.22. The Morgan fingerprint density at radius 3 is 2.65 bits per heavy atom. The SMILES string of the molecule is CCN(C(C)COC)S(=O)(=O)c1n[nH]c(C)c1CNC. The van der Waals surface area contributed by atoms with Crippen LogP contribution in [0.1, 0.15) is 25.1 Å². The molecule has 1 atom stereocenters. The van der Waals surface area contributed by atoms with Crippen molar-refractivity contribution in [1.82, 2.24) is 19.8 Å². The number of methoxy groups -OCH3 is 1. The van der Waals surface area contributed by atoms with Gasteiger partial charge in [-0.25, -0.2) is 8.42 Å². The fourth-order valence-electron chi connectivity index (χ4n) is 2.18. The summed E-state index contributed by atoms with van der Waals surface area (Å²) in [5.41, 5.74) is 1.43. The standard InChI is InChI=1S/C12H24N4O3S/c1-6-16(9(2)8-19-5)20(17,18)12-11(7-13-4)10(3)14-15-12/h9,13H,6-8H2,1-5H3,(H,14,15). The van der Waals surface area contributed by atoms with Crippen LogP contribution in [0.4, 0.5) is 0 Å². The van der Waals surface area contributed by atoms with E-state index in [2.05, 4.69) is 15.5 Å². The van der Waals surface area contributed by atoms with Gasteiger partial charge in [0.15, 0.2) is 5.03 Å². The molecule has 2 N–H and O–H groups in total. The number of ether oxygens (including phenoxy) is 1. The number of likely N-dealkylation sites (N-methyl/N-ethyl adjacent to an activating group) is 1. The van der Waals surface area contributed by atoms with Crippen LogP contribution in [0.5, 0.6) is 0 Å². The van der Waals surface area contributed by atoms with Crippen molar-refractivity contribution in [3.63, 3.8) is 0 Å². The van der Waals surface area contributed by atoms with Crippen molar-refractivity contribution in [1.29, 1.82) is 0 Å². The van der Waals surface area contributed by atoms with Crippen LogP contribution in [0.3, 0.4) is 0 Å². The molecule has 8 heteroatoms. The second-order valence-electron chi connectivity index (χ2n) is 4.68. The minimum absolute atomic E-state index is 0.0918. The maximum Gasteiger partial charge on any atom is 0.263 e. The zero-order valence-electron chi connectivity index (χ0n) is 12.7. The first-order chi connectivity index (χ1) is 9.39. The molecule has 0 saturated carbocycles. The van der Waals surface area contributed by atoms with Gasteiger partial charge < -0.3 is 10.1 Å². The highest BCUT2D eigenvalue weighted by atomic mass is 32.2. The second-order valence-corrected chi connectivity index (χ2v) is 6.48. The van der Waals surface area contributed by atoms with Crippen LogP contribution in [0, 0.1) is 6.92 Å². The molecule has 1 rings (SSSR count). The van der Waals surface area contributed by atoms with E-state index in [9.17, 15) is 8.42 Å². The lowest BCUT2D eigenvalue weighted by molar-refractivity contribution is 0.142. The molecular weight excluding hydrogens is 280 g/mol. The summed E-state index contributed by atoms with van der Waals surface area (Å²) in [5.74, 6) is 0. The van der Waals surface area contributed by atoms with E-state index in [0.29, 0.717) is 25.3 Å². The lowest BCUT2D eigenvalue weighted by Gasteiger charge is -2.26. The number of hydrogen-bond acceptors (Lipinski definition) is 5. The molecule has 1 aromatic rings. The van der Waals surface area contributed by atoms with Gasteiger partial charge in [-0.05, 0) is 20.9 Å². The Balaban J connectivity index is 3.20. The normalized spacial score (nSPS) is 13.9. The molecule has 0 bridgehead atoms. The van der Waals surface area contributed by atoms with Gasteiger partial charge in [-0.1, -0.05) is 6.92 Å². The molecule has 1 heterocycles. The van der Waals surface area contributed by atoms with E-state index in [1.165, 1.54) is 4.31 Å². The van der Waals surface area contributed by atoms with Gasteiger partial charge in [0.25, 0.3) is 10.0 Å². The number of rotatable bonds is 8. The topological polar surface area (TPSA) is 87.3 Å². The van der Waals surface area contributed by atoms with Crippen molar-refractivity contribution in [2.75, 3.05) is 27.3 Å². The molecule has 0 aliphatic heterocycles. The Morgan fingerprint density at radius 2 is 2.15 bits per heavy atom. The van der Waals surface area contributed by atoms with Gasteiger partial charge >= 0.3 is 0 Å². The highest BCUT2D eigenvalue weighted by molar-refractivity contribution is 7.89. The summed E-state index contributed by atoms with van der Waals surface area (Å²) in [6.07, 6.45) is 0. The van der Waals surface area contributed by atoms with Crippen molar-refractivity contribution < 1.29 is 13.2 Å². The van der Waals surface area contributed by atoms with Crippen molar-refractivity contribution in [2.24, 2.45) is 0 Å². The second kappa shape index (κ2) is 7.16.